The standard InChI is InChI=1S/C23H38N2O3/c1-3-4-13-21(23(27)25-28)24-22(26)14-11-9-7-5-6-8-10-12-20-17-15-19(2)16-18-20/h15-18,21,28H,3-14H2,1-2H3,(H,24,26)(H,25,27). The van der Waals surface area contributed by atoms with Crippen LogP contribution in [-0.4, -0.2) is 23.1 Å². The number of rotatable bonds is 15. The molecule has 1 unspecified atom stereocenters. The topological polar surface area (TPSA) is 78.4 Å². The highest BCUT2D eigenvalue weighted by Crippen LogP contribution is 2.12. The number of aryl methyl sites for hydroxylation is 2. The third-order valence-corrected chi connectivity index (χ3v) is 5.10. The summed E-state index contributed by atoms with van der Waals surface area (Å²) in [6, 6.07) is 8.15. The second-order valence-electron chi connectivity index (χ2n) is 7.70. The molecular formula is C23H38N2O3. The summed E-state index contributed by atoms with van der Waals surface area (Å²) >= 11 is 0. The van der Waals surface area contributed by atoms with E-state index in [1.54, 1.807) is 5.48 Å². The van der Waals surface area contributed by atoms with Gasteiger partial charge in [0.2, 0.25) is 5.91 Å². The van der Waals surface area contributed by atoms with Gasteiger partial charge in [-0.2, -0.15) is 0 Å². The van der Waals surface area contributed by atoms with Crippen molar-refractivity contribution in [1.29, 1.82) is 0 Å². The van der Waals surface area contributed by atoms with Gasteiger partial charge in [-0.1, -0.05) is 81.7 Å². The van der Waals surface area contributed by atoms with E-state index < -0.39 is 11.9 Å². The van der Waals surface area contributed by atoms with Gasteiger partial charge < -0.3 is 5.32 Å². The third kappa shape index (κ3) is 11.1. The first-order valence-corrected chi connectivity index (χ1v) is 10.9. The van der Waals surface area contributed by atoms with Crippen LogP contribution in [-0.2, 0) is 16.0 Å². The van der Waals surface area contributed by atoms with E-state index in [1.165, 1.54) is 36.8 Å². The van der Waals surface area contributed by atoms with Gasteiger partial charge in [0.15, 0.2) is 0 Å². The molecule has 0 heterocycles. The third-order valence-electron chi connectivity index (χ3n) is 5.10. The number of benzene rings is 1. The lowest BCUT2D eigenvalue weighted by molar-refractivity contribution is -0.135. The average Bonchev–Trinajstić information content (AvgIpc) is 2.70. The highest BCUT2D eigenvalue weighted by molar-refractivity contribution is 5.86. The predicted molar refractivity (Wildman–Crippen MR) is 113 cm³/mol. The zero-order valence-corrected chi connectivity index (χ0v) is 17.6. The fourth-order valence-electron chi connectivity index (χ4n) is 3.27. The molecule has 0 aromatic heterocycles. The summed E-state index contributed by atoms with van der Waals surface area (Å²) in [5.74, 6) is -0.643. The summed E-state index contributed by atoms with van der Waals surface area (Å²) in [4.78, 5) is 23.6. The van der Waals surface area contributed by atoms with E-state index >= 15 is 0 Å². The molecule has 5 heteroatoms. The SMILES string of the molecule is CCCCC(NC(=O)CCCCCCCCCc1ccc(C)cc1)C(=O)NO. The van der Waals surface area contributed by atoms with Crippen molar-refractivity contribution in [3.05, 3.63) is 35.4 Å². The molecule has 0 bridgehead atoms. The van der Waals surface area contributed by atoms with Crippen LogP contribution < -0.4 is 10.8 Å². The van der Waals surface area contributed by atoms with Crippen molar-refractivity contribution in [3.8, 4) is 0 Å². The fourth-order valence-corrected chi connectivity index (χ4v) is 3.27. The minimum absolute atomic E-state index is 0.109. The molecule has 0 aliphatic rings. The minimum Gasteiger partial charge on any atom is -0.344 e. The number of hydrogen-bond acceptors (Lipinski definition) is 3. The molecule has 0 fully saturated rings. The average molecular weight is 391 g/mol. The molecule has 0 aliphatic heterocycles. The second-order valence-corrected chi connectivity index (χ2v) is 7.70. The zero-order chi connectivity index (χ0) is 20.6. The van der Waals surface area contributed by atoms with Crippen molar-refractivity contribution in [3.63, 3.8) is 0 Å². The van der Waals surface area contributed by atoms with Crippen LogP contribution in [0.3, 0.4) is 0 Å². The van der Waals surface area contributed by atoms with E-state index in [0.717, 1.165) is 38.5 Å². The summed E-state index contributed by atoms with van der Waals surface area (Å²) in [6.07, 6.45) is 11.9. The molecule has 3 N–H and O–H groups in total. The summed E-state index contributed by atoms with van der Waals surface area (Å²) in [7, 11) is 0. The maximum atomic E-state index is 12.0. The molecule has 2 amide bonds. The summed E-state index contributed by atoms with van der Waals surface area (Å²) in [5, 5.41) is 11.5. The van der Waals surface area contributed by atoms with Gasteiger partial charge in [-0.15, -0.1) is 0 Å². The van der Waals surface area contributed by atoms with Crippen LogP contribution in [0.2, 0.25) is 0 Å². The van der Waals surface area contributed by atoms with Gasteiger partial charge in [0, 0.05) is 6.42 Å². The Bertz CT molecular complexity index is 557. The zero-order valence-electron chi connectivity index (χ0n) is 17.6. The Morgan fingerprint density at radius 1 is 0.929 bits per heavy atom. The number of hydrogen-bond donors (Lipinski definition) is 3. The molecule has 158 valence electrons. The lowest BCUT2D eigenvalue weighted by atomic mass is 10.0. The van der Waals surface area contributed by atoms with Gasteiger partial charge >= 0.3 is 0 Å². The molecule has 1 aromatic carbocycles. The lowest BCUT2D eigenvalue weighted by Crippen LogP contribution is -2.45. The molecule has 1 atom stereocenters. The Morgan fingerprint density at radius 3 is 2.14 bits per heavy atom. The second kappa shape index (κ2) is 15.1. The maximum Gasteiger partial charge on any atom is 0.265 e. The van der Waals surface area contributed by atoms with Crippen molar-refractivity contribution < 1.29 is 14.8 Å². The maximum absolute atomic E-state index is 12.0. The molecule has 28 heavy (non-hydrogen) atoms. The van der Waals surface area contributed by atoms with E-state index in [1.807, 2.05) is 6.92 Å². The molecule has 0 aliphatic carbocycles. The Hall–Kier alpha value is -1.88. The first-order valence-electron chi connectivity index (χ1n) is 10.9. The first-order chi connectivity index (χ1) is 13.6. The van der Waals surface area contributed by atoms with E-state index in [4.69, 9.17) is 5.21 Å². The molecule has 0 spiro atoms. The number of hydroxylamine groups is 1. The van der Waals surface area contributed by atoms with Gasteiger partial charge in [0.1, 0.15) is 6.04 Å². The van der Waals surface area contributed by atoms with Crippen LogP contribution >= 0.6 is 0 Å². The van der Waals surface area contributed by atoms with Gasteiger partial charge in [-0.05, 0) is 38.2 Å². The van der Waals surface area contributed by atoms with Crippen LogP contribution in [0.15, 0.2) is 24.3 Å². The predicted octanol–water partition coefficient (Wildman–Crippen LogP) is 4.84. The van der Waals surface area contributed by atoms with Crippen molar-refractivity contribution in [2.45, 2.75) is 96.9 Å². The van der Waals surface area contributed by atoms with Gasteiger partial charge in [0.05, 0.1) is 0 Å². The molecule has 0 saturated carbocycles. The quantitative estimate of drug-likeness (QED) is 0.228. The molecule has 5 nitrogen and oxygen atoms in total. The van der Waals surface area contributed by atoms with Crippen molar-refractivity contribution in [1.82, 2.24) is 10.8 Å². The Kier molecular flexibility index (Phi) is 13.0. The van der Waals surface area contributed by atoms with Crippen LogP contribution in [0.5, 0.6) is 0 Å². The van der Waals surface area contributed by atoms with Gasteiger partial charge in [-0.3, -0.25) is 14.8 Å². The number of carbonyl (C=O) groups is 2. The Balaban J connectivity index is 2.02. The van der Waals surface area contributed by atoms with E-state index in [9.17, 15) is 9.59 Å². The van der Waals surface area contributed by atoms with Gasteiger partial charge in [0.25, 0.3) is 5.91 Å². The van der Waals surface area contributed by atoms with Crippen LogP contribution in [0, 0.1) is 6.92 Å². The highest BCUT2D eigenvalue weighted by atomic mass is 16.5. The van der Waals surface area contributed by atoms with Gasteiger partial charge in [-0.25, -0.2) is 5.48 Å². The van der Waals surface area contributed by atoms with E-state index in [0.29, 0.717) is 12.8 Å². The molecule has 0 radical (unpaired) electrons. The van der Waals surface area contributed by atoms with Crippen LogP contribution in [0.1, 0.15) is 88.7 Å². The number of unbranched alkanes of at least 4 members (excludes halogenated alkanes) is 7. The van der Waals surface area contributed by atoms with Crippen molar-refractivity contribution >= 4 is 11.8 Å². The van der Waals surface area contributed by atoms with Crippen molar-refractivity contribution in [2.75, 3.05) is 0 Å². The summed E-state index contributed by atoms with van der Waals surface area (Å²) in [6.45, 7) is 4.14. The molecular weight excluding hydrogens is 352 g/mol. The van der Waals surface area contributed by atoms with Crippen LogP contribution in [0.25, 0.3) is 0 Å². The normalized spacial score (nSPS) is 11.8. The monoisotopic (exact) mass is 390 g/mol. The highest BCUT2D eigenvalue weighted by Gasteiger charge is 2.19. The van der Waals surface area contributed by atoms with E-state index in [2.05, 4.69) is 36.5 Å². The van der Waals surface area contributed by atoms with Crippen LogP contribution in [0.4, 0.5) is 0 Å². The number of nitrogens with one attached hydrogen (secondary N) is 2. The summed E-state index contributed by atoms with van der Waals surface area (Å²) in [5.41, 5.74) is 4.37. The largest absolute Gasteiger partial charge is 0.344 e. The Labute approximate surface area is 170 Å². The van der Waals surface area contributed by atoms with Crippen molar-refractivity contribution in [2.24, 2.45) is 0 Å². The first kappa shape index (κ1) is 24.2. The fraction of sp³-hybridized carbons (Fsp3) is 0.652. The summed E-state index contributed by atoms with van der Waals surface area (Å²) < 4.78 is 0. The minimum atomic E-state index is -0.633. The number of amides is 2. The molecule has 1 rings (SSSR count). The van der Waals surface area contributed by atoms with E-state index in [-0.39, 0.29) is 5.91 Å². The smallest absolute Gasteiger partial charge is 0.265 e. The molecule has 0 saturated heterocycles. The Morgan fingerprint density at radius 2 is 1.54 bits per heavy atom. The molecule has 1 aromatic rings. The number of carbonyl (C=O) groups excluding carboxylic acids is 2. The lowest BCUT2D eigenvalue weighted by Gasteiger charge is -2.16.